The molecule has 1 N–H and O–H groups in total. The molecule has 0 aliphatic rings. The van der Waals surface area contributed by atoms with Crippen molar-refractivity contribution >= 4 is 21.6 Å². The maximum absolute atomic E-state index is 12.7. The topological polar surface area (TPSA) is 75.7 Å². The highest BCUT2D eigenvalue weighted by atomic mass is 32.2. The molecular formula is C20H26N2O4S. The van der Waals surface area contributed by atoms with Crippen molar-refractivity contribution in [1.29, 1.82) is 0 Å². The predicted octanol–water partition coefficient (Wildman–Crippen LogP) is 3.22. The number of rotatable bonds is 8. The Morgan fingerprint density at radius 2 is 1.78 bits per heavy atom. The SMILES string of the molecule is CCN(CC)S(=O)(=O)c1ccc(OC)c(NC(=O)Cc2ccccc2C)c1. The summed E-state index contributed by atoms with van der Waals surface area (Å²) in [6.07, 6.45) is 0.197. The third kappa shape index (κ3) is 4.87. The maximum Gasteiger partial charge on any atom is 0.243 e. The van der Waals surface area contributed by atoms with Crippen molar-refractivity contribution in [2.24, 2.45) is 0 Å². The number of carbonyl (C=O) groups excluding carboxylic acids is 1. The van der Waals surface area contributed by atoms with Crippen molar-refractivity contribution in [3.05, 3.63) is 53.6 Å². The zero-order valence-electron chi connectivity index (χ0n) is 16.2. The van der Waals surface area contributed by atoms with Crippen molar-refractivity contribution < 1.29 is 17.9 Å². The van der Waals surface area contributed by atoms with Gasteiger partial charge in [0.15, 0.2) is 0 Å². The molecule has 0 bridgehead atoms. The summed E-state index contributed by atoms with van der Waals surface area (Å²) in [7, 11) is -2.15. The quantitative estimate of drug-likeness (QED) is 0.751. The Morgan fingerprint density at radius 1 is 1.11 bits per heavy atom. The Labute approximate surface area is 161 Å². The van der Waals surface area contributed by atoms with E-state index in [-0.39, 0.29) is 17.2 Å². The highest BCUT2D eigenvalue weighted by molar-refractivity contribution is 7.89. The molecule has 0 saturated carbocycles. The minimum atomic E-state index is -3.62. The lowest BCUT2D eigenvalue weighted by Gasteiger charge is -2.19. The van der Waals surface area contributed by atoms with Crippen LogP contribution in [0.3, 0.4) is 0 Å². The van der Waals surface area contributed by atoms with Gasteiger partial charge in [0, 0.05) is 13.1 Å². The lowest BCUT2D eigenvalue weighted by atomic mass is 10.1. The molecule has 0 heterocycles. The number of ether oxygens (including phenoxy) is 1. The number of carbonyl (C=O) groups is 1. The fourth-order valence-corrected chi connectivity index (χ4v) is 4.32. The third-order valence-corrected chi connectivity index (χ3v) is 6.45. The second-order valence-electron chi connectivity index (χ2n) is 6.10. The predicted molar refractivity (Wildman–Crippen MR) is 107 cm³/mol. The number of methoxy groups -OCH3 is 1. The van der Waals surface area contributed by atoms with E-state index in [1.807, 2.05) is 31.2 Å². The van der Waals surface area contributed by atoms with Crippen LogP contribution in [0.5, 0.6) is 5.75 Å². The normalized spacial score (nSPS) is 11.4. The van der Waals surface area contributed by atoms with Crippen LogP contribution in [0.25, 0.3) is 0 Å². The van der Waals surface area contributed by atoms with Gasteiger partial charge in [0.2, 0.25) is 15.9 Å². The van der Waals surface area contributed by atoms with Gasteiger partial charge in [-0.15, -0.1) is 0 Å². The van der Waals surface area contributed by atoms with Crippen molar-refractivity contribution in [3.63, 3.8) is 0 Å². The Morgan fingerprint density at radius 3 is 2.37 bits per heavy atom. The first-order valence-corrected chi connectivity index (χ1v) is 10.3. The zero-order valence-corrected chi connectivity index (χ0v) is 17.0. The van der Waals surface area contributed by atoms with Gasteiger partial charge >= 0.3 is 0 Å². The third-order valence-electron chi connectivity index (χ3n) is 4.40. The van der Waals surface area contributed by atoms with Crippen LogP contribution >= 0.6 is 0 Å². The molecule has 27 heavy (non-hydrogen) atoms. The molecule has 0 aliphatic carbocycles. The number of benzene rings is 2. The lowest BCUT2D eigenvalue weighted by molar-refractivity contribution is -0.115. The number of sulfonamides is 1. The van der Waals surface area contributed by atoms with E-state index in [0.29, 0.717) is 24.5 Å². The van der Waals surface area contributed by atoms with E-state index in [4.69, 9.17) is 4.74 Å². The molecule has 6 nitrogen and oxygen atoms in total. The van der Waals surface area contributed by atoms with Crippen LogP contribution < -0.4 is 10.1 Å². The maximum atomic E-state index is 12.7. The monoisotopic (exact) mass is 390 g/mol. The summed E-state index contributed by atoms with van der Waals surface area (Å²) in [5, 5.41) is 2.78. The number of nitrogens with zero attached hydrogens (tertiary/aromatic N) is 1. The van der Waals surface area contributed by atoms with E-state index in [1.165, 1.54) is 23.5 Å². The second kappa shape index (κ2) is 9.01. The Balaban J connectivity index is 2.30. The van der Waals surface area contributed by atoms with E-state index >= 15 is 0 Å². The number of amides is 1. The molecule has 0 spiro atoms. The largest absolute Gasteiger partial charge is 0.495 e. The molecule has 7 heteroatoms. The number of nitrogens with one attached hydrogen (secondary N) is 1. The molecule has 0 aromatic heterocycles. The molecule has 2 aromatic carbocycles. The van der Waals surface area contributed by atoms with Gasteiger partial charge in [-0.3, -0.25) is 4.79 Å². The number of anilines is 1. The number of hydrogen-bond donors (Lipinski definition) is 1. The van der Waals surface area contributed by atoms with Gasteiger partial charge in [-0.25, -0.2) is 8.42 Å². The standard InChI is InChI=1S/C20H26N2O4S/c1-5-22(6-2)27(24,25)17-11-12-19(26-4)18(14-17)21-20(23)13-16-10-8-7-9-15(16)3/h7-12,14H,5-6,13H2,1-4H3,(H,21,23). The average molecular weight is 391 g/mol. The molecule has 0 radical (unpaired) electrons. The van der Waals surface area contributed by atoms with Crippen molar-refractivity contribution in [2.45, 2.75) is 32.1 Å². The van der Waals surface area contributed by atoms with Gasteiger partial charge in [0.25, 0.3) is 0 Å². The Bertz CT molecular complexity index is 906. The van der Waals surface area contributed by atoms with Crippen LogP contribution in [0.2, 0.25) is 0 Å². The summed E-state index contributed by atoms with van der Waals surface area (Å²) >= 11 is 0. The first kappa shape index (κ1) is 20.9. The van der Waals surface area contributed by atoms with Crippen molar-refractivity contribution in [3.8, 4) is 5.75 Å². The summed E-state index contributed by atoms with van der Waals surface area (Å²) in [5.74, 6) is 0.173. The fourth-order valence-electron chi connectivity index (χ4n) is 2.83. The van der Waals surface area contributed by atoms with E-state index in [0.717, 1.165) is 11.1 Å². The van der Waals surface area contributed by atoms with E-state index in [2.05, 4.69) is 5.32 Å². The summed E-state index contributed by atoms with van der Waals surface area (Å²) in [5.41, 5.74) is 2.28. The molecule has 2 rings (SSSR count). The van der Waals surface area contributed by atoms with Gasteiger partial charge in [0.05, 0.1) is 24.1 Å². The summed E-state index contributed by atoms with van der Waals surface area (Å²) < 4.78 is 32.1. The Hall–Kier alpha value is -2.38. The zero-order chi connectivity index (χ0) is 20.0. The summed E-state index contributed by atoms with van der Waals surface area (Å²) in [6.45, 7) is 6.27. The van der Waals surface area contributed by atoms with Gasteiger partial charge < -0.3 is 10.1 Å². The van der Waals surface area contributed by atoms with Gasteiger partial charge in [0.1, 0.15) is 5.75 Å². The molecule has 146 valence electrons. The van der Waals surface area contributed by atoms with Crippen LogP contribution in [0, 0.1) is 6.92 Å². The van der Waals surface area contributed by atoms with E-state index in [9.17, 15) is 13.2 Å². The lowest BCUT2D eigenvalue weighted by Crippen LogP contribution is -2.30. The first-order valence-electron chi connectivity index (χ1n) is 8.86. The van der Waals surface area contributed by atoms with Crippen LogP contribution in [0.4, 0.5) is 5.69 Å². The average Bonchev–Trinajstić information content (AvgIpc) is 2.64. The molecule has 1 amide bonds. The highest BCUT2D eigenvalue weighted by Gasteiger charge is 2.23. The Kier molecular flexibility index (Phi) is 6.98. The molecule has 0 fully saturated rings. The molecule has 0 unspecified atom stereocenters. The van der Waals surface area contributed by atoms with Gasteiger partial charge in [-0.2, -0.15) is 4.31 Å². The molecular weight excluding hydrogens is 364 g/mol. The smallest absolute Gasteiger partial charge is 0.243 e. The second-order valence-corrected chi connectivity index (χ2v) is 8.04. The highest BCUT2D eigenvalue weighted by Crippen LogP contribution is 2.29. The van der Waals surface area contributed by atoms with Crippen LogP contribution in [0.15, 0.2) is 47.4 Å². The van der Waals surface area contributed by atoms with E-state index in [1.54, 1.807) is 19.9 Å². The summed E-state index contributed by atoms with van der Waals surface area (Å²) in [4.78, 5) is 12.6. The molecule has 2 aromatic rings. The van der Waals surface area contributed by atoms with Crippen molar-refractivity contribution in [2.75, 3.05) is 25.5 Å². The van der Waals surface area contributed by atoms with Crippen LogP contribution in [0.1, 0.15) is 25.0 Å². The molecule has 0 atom stereocenters. The van der Waals surface area contributed by atoms with Crippen LogP contribution in [-0.2, 0) is 21.2 Å². The van der Waals surface area contributed by atoms with Gasteiger partial charge in [-0.05, 0) is 36.2 Å². The molecule has 0 aliphatic heterocycles. The molecule has 0 saturated heterocycles. The fraction of sp³-hybridized carbons (Fsp3) is 0.350. The number of hydrogen-bond acceptors (Lipinski definition) is 4. The first-order chi connectivity index (χ1) is 12.8. The minimum Gasteiger partial charge on any atom is -0.495 e. The van der Waals surface area contributed by atoms with Crippen LogP contribution in [-0.4, -0.2) is 38.8 Å². The van der Waals surface area contributed by atoms with Gasteiger partial charge in [-0.1, -0.05) is 38.1 Å². The summed E-state index contributed by atoms with van der Waals surface area (Å²) in [6, 6.07) is 12.1. The van der Waals surface area contributed by atoms with E-state index < -0.39 is 10.0 Å². The van der Waals surface area contributed by atoms with Crippen molar-refractivity contribution in [1.82, 2.24) is 4.31 Å². The number of aryl methyl sites for hydroxylation is 1. The minimum absolute atomic E-state index is 0.123.